The summed E-state index contributed by atoms with van der Waals surface area (Å²) in [4.78, 5) is 18.4. The van der Waals surface area contributed by atoms with Crippen molar-refractivity contribution in [1.82, 2.24) is 4.90 Å². The van der Waals surface area contributed by atoms with Gasteiger partial charge in [0.1, 0.15) is 5.84 Å². The maximum Gasteiger partial charge on any atom is 0.230 e. The van der Waals surface area contributed by atoms with E-state index in [4.69, 9.17) is 0 Å². The van der Waals surface area contributed by atoms with Crippen molar-refractivity contribution in [1.29, 1.82) is 0 Å². The molecule has 82 valence electrons. The predicted octanol–water partition coefficient (Wildman–Crippen LogP) is 2.15. The lowest BCUT2D eigenvalue weighted by Crippen LogP contribution is -2.36. The molecule has 3 heteroatoms. The summed E-state index contributed by atoms with van der Waals surface area (Å²) in [6, 6.07) is 10.1. The van der Waals surface area contributed by atoms with Crippen LogP contribution in [-0.4, -0.2) is 23.2 Å². The summed E-state index contributed by atoms with van der Waals surface area (Å²) >= 11 is 0. The third-order valence-corrected chi connectivity index (χ3v) is 3.25. The highest BCUT2D eigenvalue weighted by Crippen LogP contribution is 2.29. The number of hydrogen-bond acceptors (Lipinski definition) is 2. The molecule has 1 aromatic rings. The van der Waals surface area contributed by atoms with E-state index in [1.165, 1.54) is 0 Å². The molecule has 0 radical (unpaired) electrons. The third-order valence-electron chi connectivity index (χ3n) is 3.25. The summed E-state index contributed by atoms with van der Waals surface area (Å²) in [5.41, 5.74) is 1.15. The van der Waals surface area contributed by atoms with Crippen LogP contribution in [0.15, 0.2) is 35.3 Å². The van der Waals surface area contributed by atoms with Gasteiger partial charge in [-0.3, -0.25) is 9.79 Å². The van der Waals surface area contributed by atoms with Crippen LogP contribution in [0.2, 0.25) is 0 Å². The average Bonchev–Trinajstić information content (AvgIpc) is 2.79. The Bertz CT molecular complexity index is 439. The first-order valence-corrected chi connectivity index (χ1v) is 5.76. The van der Waals surface area contributed by atoms with Crippen LogP contribution in [0.25, 0.3) is 0 Å². The molecular formula is C13H14N2O. The van der Waals surface area contributed by atoms with E-state index in [-0.39, 0.29) is 11.9 Å². The topological polar surface area (TPSA) is 32.7 Å². The van der Waals surface area contributed by atoms with Crippen LogP contribution >= 0.6 is 0 Å². The molecule has 2 aliphatic heterocycles. The average molecular weight is 214 g/mol. The highest BCUT2D eigenvalue weighted by atomic mass is 16.2. The molecule has 0 saturated carbocycles. The van der Waals surface area contributed by atoms with Crippen LogP contribution in [0, 0.1) is 0 Å². The van der Waals surface area contributed by atoms with Crippen molar-refractivity contribution in [2.45, 2.75) is 25.3 Å². The van der Waals surface area contributed by atoms with Gasteiger partial charge in [0.05, 0.1) is 12.5 Å². The van der Waals surface area contributed by atoms with Gasteiger partial charge in [-0.15, -0.1) is 0 Å². The maximum absolute atomic E-state index is 11.9. The first-order valence-electron chi connectivity index (χ1n) is 5.76. The molecule has 1 saturated heterocycles. The number of aliphatic imine (C=N–C) groups is 1. The smallest absolute Gasteiger partial charge is 0.230 e. The molecule has 0 N–H and O–H groups in total. The molecule has 0 unspecified atom stereocenters. The summed E-state index contributed by atoms with van der Waals surface area (Å²) in [7, 11) is 0. The monoisotopic (exact) mass is 214 g/mol. The summed E-state index contributed by atoms with van der Waals surface area (Å²) in [6.45, 7) is 0.860. The van der Waals surface area contributed by atoms with E-state index in [0.29, 0.717) is 6.42 Å². The van der Waals surface area contributed by atoms with Crippen LogP contribution in [0.1, 0.15) is 30.9 Å². The Morgan fingerprint density at radius 2 is 2.06 bits per heavy atom. The number of amides is 1. The number of carbonyl (C=O) groups is 1. The van der Waals surface area contributed by atoms with Gasteiger partial charge in [-0.25, -0.2) is 0 Å². The number of hydrogen-bond donors (Lipinski definition) is 0. The van der Waals surface area contributed by atoms with E-state index >= 15 is 0 Å². The standard InChI is InChI=1S/C13H14N2O/c16-13-9-11(10-5-2-1-3-6-10)14-12-7-4-8-15(12)13/h1-3,5-6,11H,4,7-9H2/t11-/m0/s1. The number of carbonyl (C=O) groups excluding carboxylic acids is 1. The van der Waals surface area contributed by atoms with Crippen molar-refractivity contribution in [3.05, 3.63) is 35.9 Å². The molecule has 0 bridgehead atoms. The van der Waals surface area contributed by atoms with Gasteiger partial charge in [0.2, 0.25) is 5.91 Å². The van der Waals surface area contributed by atoms with E-state index < -0.39 is 0 Å². The molecule has 16 heavy (non-hydrogen) atoms. The second kappa shape index (κ2) is 3.74. The summed E-state index contributed by atoms with van der Waals surface area (Å²) < 4.78 is 0. The Labute approximate surface area is 94.8 Å². The number of amidine groups is 1. The highest BCUT2D eigenvalue weighted by molar-refractivity contribution is 6.01. The summed E-state index contributed by atoms with van der Waals surface area (Å²) in [6.07, 6.45) is 2.54. The van der Waals surface area contributed by atoms with Crippen molar-refractivity contribution in [2.24, 2.45) is 4.99 Å². The zero-order valence-electron chi connectivity index (χ0n) is 9.10. The molecular weight excluding hydrogens is 200 g/mol. The third kappa shape index (κ3) is 1.52. The zero-order chi connectivity index (χ0) is 11.0. The van der Waals surface area contributed by atoms with E-state index in [1.807, 2.05) is 35.2 Å². The van der Waals surface area contributed by atoms with E-state index in [9.17, 15) is 4.79 Å². The van der Waals surface area contributed by atoms with Gasteiger partial charge in [-0.05, 0) is 12.0 Å². The Morgan fingerprint density at radius 1 is 1.25 bits per heavy atom. The van der Waals surface area contributed by atoms with Crippen molar-refractivity contribution >= 4 is 11.7 Å². The minimum atomic E-state index is 0.0399. The van der Waals surface area contributed by atoms with Gasteiger partial charge in [0.15, 0.2) is 0 Å². The number of fused-ring (bicyclic) bond motifs is 1. The van der Waals surface area contributed by atoms with Gasteiger partial charge in [-0.2, -0.15) is 0 Å². The van der Waals surface area contributed by atoms with E-state index in [2.05, 4.69) is 4.99 Å². The van der Waals surface area contributed by atoms with Gasteiger partial charge >= 0.3 is 0 Å². The van der Waals surface area contributed by atoms with E-state index in [1.54, 1.807) is 0 Å². The van der Waals surface area contributed by atoms with Crippen molar-refractivity contribution < 1.29 is 4.79 Å². The fraction of sp³-hybridized carbons (Fsp3) is 0.385. The Balaban J connectivity index is 1.94. The van der Waals surface area contributed by atoms with E-state index in [0.717, 1.165) is 30.8 Å². The van der Waals surface area contributed by atoms with Gasteiger partial charge in [-0.1, -0.05) is 30.3 Å². The van der Waals surface area contributed by atoms with Crippen LogP contribution in [0.4, 0.5) is 0 Å². The Hall–Kier alpha value is -1.64. The molecule has 1 atom stereocenters. The normalized spacial score (nSPS) is 24.2. The first kappa shape index (κ1) is 9.58. The molecule has 1 aromatic carbocycles. The van der Waals surface area contributed by atoms with Crippen LogP contribution in [0.5, 0.6) is 0 Å². The van der Waals surface area contributed by atoms with Gasteiger partial charge in [0, 0.05) is 13.0 Å². The van der Waals surface area contributed by atoms with Crippen LogP contribution in [0.3, 0.4) is 0 Å². The largest absolute Gasteiger partial charge is 0.301 e. The molecule has 0 spiro atoms. The number of rotatable bonds is 1. The molecule has 3 nitrogen and oxygen atoms in total. The Kier molecular flexibility index (Phi) is 2.24. The fourth-order valence-electron chi connectivity index (χ4n) is 2.43. The minimum absolute atomic E-state index is 0.0399. The SMILES string of the molecule is O=C1C[C@@H](c2ccccc2)N=C2CCCN12. The molecule has 0 aliphatic carbocycles. The molecule has 1 amide bonds. The van der Waals surface area contributed by atoms with Crippen LogP contribution < -0.4 is 0 Å². The Morgan fingerprint density at radius 3 is 2.88 bits per heavy atom. The highest BCUT2D eigenvalue weighted by Gasteiger charge is 2.32. The second-order valence-corrected chi connectivity index (χ2v) is 4.32. The number of benzene rings is 1. The second-order valence-electron chi connectivity index (χ2n) is 4.32. The minimum Gasteiger partial charge on any atom is -0.301 e. The number of nitrogens with zero attached hydrogens (tertiary/aromatic N) is 2. The molecule has 3 rings (SSSR count). The summed E-state index contributed by atoms with van der Waals surface area (Å²) in [5.74, 6) is 1.22. The molecule has 1 fully saturated rings. The van der Waals surface area contributed by atoms with Crippen LogP contribution in [-0.2, 0) is 4.79 Å². The van der Waals surface area contributed by atoms with Crippen molar-refractivity contribution in [3.8, 4) is 0 Å². The maximum atomic E-state index is 11.9. The lowest BCUT2D eigenvalue weighted by Gasteiger charge is -2.26. The van der Waals surface area contributed by atoms with Crippen molar-refractivity contribution in [2.75, 3.05) is 6.54 Å². The summed E-state index contributed by atoms with van der Waals surface area (Å²) in [5, 5.41) is 0. The molecule has 2 heterocycles. The molecule has 2 aliphatic rings. The van der Waals surface area contributed by atoms with Gasteiger partial charge < -0.3 is 4.90 Å². The molecule has 0 aromatic heterocycles. The van der Waals surface area contributed by atoms with Gasteiger partial charge in [0.25, 0.3) is 0 Å². The lowest BCUT2D eigenvalue weighted by molar-refractivity contribution is -0.128. The van der Waals surface area contributed by atoms with Crippen molar-refractivity contribution in [3.63, 3.8) is 0 Å². The first-order chi connectivity index (χ1) is 7.84. The quantitative estimate of drug-likeness (QED) is 0.705. The lowest BCUT2D eigenvalue weighted by atomic mass is 10.0. The zero-order valence-corrected chi connectivity index (χ0v) is 9.10. The fourth-order valence-corrected chi connectivity index (χ4v) is 2.43. The predicted molar refractivity (Wildman–Crippen MR) is 62.2 cm³/mol.